The van der Waals surface area contributed by atoms with Crippen molar-refractivity contribution in [3.8, 4) is 0 Å². The van der Waals surface area contributed by atoms with Gasteiger partial charge < -0.3 is 25.5 Å². The van der Waals surface area contributed by atoms with Gasteiger partial charge in [0.15, 0.2) is 0 Å². The zero-order valence-corrected chi connectivity index (χ0v) is 28.7. The SMILES string of the molecule is O=C(O)CC[C@H](NC(=O)CC[C@@H](NC(=O)c1cc(Cl)cc(Cl)c1)C(=O)N1CCC2(CCCC2)CC1)C(=O)N1CCC2(CCCC2)CC1. The molecule has 0 unspecified atom stereocenters. The second kappa shape index (κ2) is 15.6. The Kier molecular flexibility index (Phi) is 11.8. The molecule has 0 bridgehead atoms. The maximum Gasteiger partial charge on any atom is 0.303 e. The molecule has 2 saturated carbocycles. The molecule has 4 aliphatic rings. The lowest BCUT2D eigenvalue weighted by molar-refractivity contribution is -0.141. The Morgan fingerprint density at radius 1 is 0.660 bits per heavy atom. The lowest BCUT2D eigenvalue weighted by Gasteiger charge is -2.40. The standard InChI is InChI=1S/C35H48Cl2N4O6/c36-25-21-24(22-26(37)23-25)31(45)39-28(33(47)41-19-15-35(16-20-41)11-3-4-12-35)5-7-29(42)38-27(6-8-30(43)44)32(46)40-17-13-34(14-18-40)9-1-2-10-34/h21-23,27-28H,1-20H2,(H,38,42)(H,39,45)(H,43,44)/t27-,28+/m0/s1. The molecule has 2 aliphatic carbocycles. The van der Waals surface area contributed by atoms with Crippen LogP contribution >= 0.6 is 23.2 Å². The van der Waals surface area contributed by atoms with Gasteiger partial charge in [-0.15, -0.1) is 0 Å². The van der Waals surface area contributed by atoms with Crippen LogP contribution in [0.2, 0.25) is 10.0 Å². The predicted molar refractivity (Wildman–Crippen MR) is 179 cm³/mol. The first-order valence-corrected chi connectivity index (χ1v) is 18.1. The number of halogens is 2. The van der Waals surface area contributed by atoms with Crippen LogP contribution in [-0.4, -0.2) is 82.8 Å². The number of hydrogen-bond donors (Lipinski definition) is 3. The second-order valence-electron chi connectivity index (χ2n) is 14.3. The number of carboxylic acid groups (broad SMARTS) is 1. The van der Waals surface area contributed by atoms with Crippen molar-refractivity contribution in [2.24, 2.45) is 10.8 Å². The lowest BCUT2D eigenvalue weighted by Crippen LogP contribution is -2.53. The van der Waals surface area contributed by atoms with Crippen LogP contribution in [0, 0.1) is 10.8 Å². The Hall–Kier alpha value is -2.85. The summed E-state index contributed by atoms with van der Waals surface area (Å²) in [6.07, 6.45) is 12.9. The minimum Gasteiger partial charge on any atom is -0.481 e. The van der Waals surface area contributed by atoms with Crippen LogP contribution < -0.4 is 10.6 Å². The highest BCUT2D eigenvalue weighted by Gasteiger charge is 2.41. The molecule has 2 saturated heterocycles. The largest absolute Gasteiger partial charge is 0.481 e. The van der Waals surface area contributed by atoms with Gasteiger partial charge in [0.2, 0.25) is 17.7 Å². The number of nitrogens with one attached hydrogen (secondary N) is 2. The number of rotatable bonds is 11. The molecule has 2 heterocycles. The maximum absolute atomic E-state index is 13.8. The van der Waals surface area contributed by atoms with Crippen LogP contribution in [0.25, 0.3) is 0 Å². The van der Waals surface area contributed by atoms with Gasteiger partial charge in [0.25, 0.3) is 5.91 Å². The highest BCUT2D eigenvalue weighted by Crippen LogP contribution is 2.47. The highest BCUT2D eigenvalue weighted by molar-refractivity contribution is 6.35. The van der Waals surface area contributed by atoms with E-state index >= 15 is 0 Å². The fourth-order valence-corrected chi connectivity index (χ4v) is 8.87. The molecule has 258 valence electrons. The summed E-state index contributed by atoms with van der Waals surface area (Å²) in [5.74, 6) is -2.56. The highest BCUT2D eigenvalue weighted by atomic mass is 35.5. The third-order valence-corrected chi connectivity index (χ3v) is 11.7. The van der Waals surface area contributed by atoms with Crippen molar-refractivity contribution in [3.63, 3.8) is 0 Å². The minimum atomic E-state index is -1.05. The number of carboxylic acids is 1. The maximum atomic E-state index is 13.8. The van der Waals surface area contributed by atoms with E-state index in [1.807, 2.05) is 0 Å². The molecule has 2 atom stereocenters. The number of carbonyl (C=O) groups is 5. The first kappa shape index (κ1) is 35.5. The van der Waals surface area contributed by atoms with E-state index in [0.29, 0.717) is 37.0 Å². The molecule has 0 radical (unpaired) electrons. The van der Waals surface area contributed by atoms with Crippen molar-refractivity contribution < 1.29 is 29.1 Å². The zero-order chi connectivity index (χ0) is 33.6. The van der Waals surface area contributed by atoms with E-state index in [-0.39, 0.29) is 53.1 Å². The predicted octanol–water partition coefficient (Wildman–Crippen LogP) is 5.59. The normalized spacial score (nSPS) is 21.4. The third kappa shape index (κ3) is 9.19. The van der Waals surface area contributed by atoms with E-state index in [1.54, 1.807) is 9.80 Å². The molecule has 47 heavy (non-hydrogen) atoms. The smallest absolute Gasteiger partial charge is 0.303 e. The van der Waals surface area contributed by atoms with Gasteiger partial charge in [-0.05, 0) is 93.2 Å². The molecular formula is C35H48Cl2N4O6. The van der Waals surface area contributed by atoms with Crippen LogP contribution in [0.5, 0.6) is 0 Å². The summed E-state index contributed by atoms with van der Waals surface area (Å²) >= 11 is 12.2. The average Bonchev–Trinajstić information content (AvgIpc) is 3.70. The van der Waals surface area contributed by atoms with Crippen molar-refractivity contribution >= 4 is 52.8 Å². The minimum absolute atomic E-state index is 0.0123. The molecule has 0 aromatic heterocycles. The van der Waals surface area contributed by atoms with E-state index in [9.17, 15) is 29.1 Å². The number of aliphatic carboxylic acids is 1. The van der Waals surface area contributed by atoms with Crippen molar-refractivity contribution in [2.45, 2.75) is 115 Å². The van der Waals surface area contributed by atoms with Crippen molar-refractivity contribution in [2.75, 3.05) is 26.2 Å². The molecule has 2 aliphatic heterocycles. The number of carbonyl (C=O) groups excluding carboxylic acids is 4. The number of hydrogen-bond acceptors (Lipinski definition) is 5. The summed E-state index contributed by atoms with van der Waals surface area (Å²) in [4.78, 5) is 68.9. The van der Waals surface area contributed by atoms with E-state index < -0.39 is 29.9 Å². The van der Waals surface area contributed by atoms with Gasteiger partial charge in [-0.2, -0.15) is 0 Å². The zero-order valence-electron chi connectivity index (χ0n) is 27.2. The fourth-order valence-electron chi connectivity index (χ4n) is 8.34. The fraction of sp³-hybridized carbons (Fsp3) is 0.686. The lowest BCUT2D eigenvalue weighted by atomic mass is 9.77. The number of nitrogens with zero attached hydrogens (tertiary/aromatic N) is 2. The Morgan fingerprint density at radius 2 is 1.09 bits per heavy atom. The van der Waals surface area contributed by atoms with Gasteiger partial charge >= 0.3 is 5.97 Å². The summed E-state index contributed by atoms with van der Waals surface area (Å²) in [6.45, 7) is 2.41. The number of piperidine rings is 2. The van der Waals surface area contributed by atoms with Crippen molar-refractivity contribution in [1.29, 1.82) is 0 Å². The average molecular weight is 692 g/mol. The quantitative estimate of drug-likeness (QED) is 0.277. The molecule has 4 fully saturated rings. The molecule has 5 rings (SSSR count). The number of benzene rings is 1. The molecule has 3 N–H and O–H groups in total. The Bertz CT molecular complexity index is 1300. The van der Waals surface area contributed by atoms with E-state index in [0.717, 1.165) is 25.7 Å². The van der Waals surface area contributed by atoms with Gasteiger partial charge in [0.05, 0.1) is 0 Å². The number of likely N-dealkylation sites (tertiary alicyclic amines) is 2. The molecule has 1 aromatic carbocycles. The van der Waals surface area contributed by atoms with Crippen LogP contribution in [-0.2, 0) is 19.2 Å². The molecule has 1 aromatic rings. The van der Waals surface area contributed by atoms with Crippen LogP contribution in [0.4, 0.5) is 0 Å². The first-order valence-electron chi connectivity index (χ1n) is 17.3. The first-order chi connectivity index (χ1) is 22.5. The molecule has 12 heteroatoms. The van der Waals surface area contributed by atoms with Crippen molar-refractivity contribution in [3.05, 3.63) is 33.8 Å². The van der Waals surface area contributed by atoms with Gasteiger partial charge in [0.1, 0.15) is 12.1 Å². The monoisotopic (exact) mass is 690 g/mol. The van der Waals surface area contributed by atoms with E-state index in [4.69, 9.17) is 23.2 Å². The van der Waals surface area contributed by atoms with Gasteiger partial charge in [-0.1, -0.05) is 48.9 Å². The Balaban J connectivity index is 1.23. The van der Waals surface area contributed by atoms with E-state index in [1.165, 1.54) is 69.6 Å². The summed E-state index contributed by atoms with van der Waals surface area (Å²) in [5, 5.41) is 15.5. The van der Waals surface area contributed by atoms with E-state index in [2.05, 4.69) is 10.6 Å². The Morgan fingerprint density at radius 3 is 1.53 bits per heavy atom. The molecular weight excluding hydrogens is 643 g/mol. The topological polar surface area (TPSA) is 136 Å². The molecule has 10 nitrogen and oxygen atoms in total. The van der Waals surface area contributed by atoms with Crippen LogP contribution in [0.1, 0.15) is 113 Å². The van der Waals surface area contributed by atoms with Gasteiger partial charge in [-0.3, -0.25) is 24.0 Å². The number of amides is 4. The third-order valence-electron chi connectivity index (χ3n) is 11.3. The Labute approximate surface area is 287 Å². The summed E-state index contributed by atoms with van der Waals surface area (Å²) in [6, 6.07) is 2.49. The second-order valence-corrected chi connectivity index (χ2v) is 15.2. The van der Waals surface area contributed by atoms with Crippen molar-refractivity contribution in [1.82, 2.24) is 20.4 Å². The summed E-state index contributed by atoms with van der Waals surface area (Å²) in [7, 11) is 0. The van der Waals surface area contributed by atoms with Gasteiger partial charge in [-0.25, -0.2) is 0 Å². The van der Waals surface area contributed by atoms with Crippen LogP contribution in [0.15, 0.2) is 18.2 Å². The van der Waals surface area contributed by atoms with Gasteiger partial charge in [0, 0.05) is 54.6 Å². The summed E-state index contributed by atoms with van der Waals surface area (Å²) < 4.78 is 0. The molecule has 4 amide bonds. The van der Waals surface area contributed by atoms with Crippen LogP contribution in [0.3, 0.4) is 0 Å². The summed E-state index contributed by atoms with van der Waals surface area (Å²) in [5.41, 5.74) is 0.815. The molecule has 2 spiro atoms.